The van der Waals surface area contributed by atoms with E-state index in [1.807, 2.05) is 4.98 Å². The van der Waals surface area contributed by atoms with Crippen LogP contribution in [0.4, 0.5) is 8.78 Å². The molecule has 1 aromatic rings. The fourth-order valence-electron chi connectivity index (χ4n) is 2.14. The van der Waals surface area contributed by atoms with Crippen molar-refractivity contribution in [1.29, 1.82) is 0 Å². The predicted octanol–water partition coefficient (Wildman–Crippen LogP) is -0.994. The van der Waals surface area contributed by atoms with Crippen LogP contribution >= 0.6 is 0 Å². The second-order valence-electron chi connectivity index (χ2n) is 4.48. The third-order valence-corrected chi connectivity index (χ3v) is 3.44. The monoisotopic (exact) mass is 262 g/mol. The molecule has 0 bridgehead atoms. The Bertz CT molecular complexity index is 588. The summed E-state index contributed by atoms with van der Waals surface area (Å²) in [6.45, 7) is -0.535. The summed E-state index contributed by atoms with van der Waals surface area (Å²) >= 11 is 0. The SMILES string of the molecule is Cc1cn(C2C(F)(F)C2(CO)CO)c(=O)[nH]c1=O. The van der Waals surface area contributed by atoms with E-state index in [1.54, 1.807) is 0 Å². The highest BCUT2D eigenvalue weighted by molar-refractivity contribution is 5.22. The van der Waals surface area contributed by atoms with Crippen LogP contribution in [-0.2, 0) is 0 Å². The van der Waals surface area contributed by atoms with Gasteiger partial charge in [-0.2, -0.15) is 0 Å². The van der Waals surface area contributed by atoms with Gasteiger partial charge in [0.05, 0.1) is 13.2 Å². The minimum atomic E-state index is -3.40. The molecular weight excluding hydrogens is 250 g/mol. The average molecular weight is 262 g/mol. The van der Waals surface area contributed by atoms with Crippen LogP contribution in [0, 0.1) is 12.3 Å². The zero-order chi connectivity index (χ0) is 13.7. The van der Waals surface area contributed by atoms with Crippen LogP contribution < -0.4 is 11.2 Å². The second-order valence-corrected chi connectivity index (χ2v) is 4.48. The van der Waals surface area contributed by atoms with Crippen LogP contribution in [0.15, 0.2) is 15.8 Å². The van der Waals surface area contributed by atoms with Gasteiger partial charge in [0.15, 0.2) is 0 Å². The number of aromatic nitrogens is 2. The van der Waals surface area contributed by atoms with Crippen molar-refractivity contribution in [2.75, 3.05) is 13.2 Å². The molecule has 1 aliphatic carbocycles. The number of nitrogens with zero attached hydrogens (tertiary/aromatic N) is 1. The molecule has 6 nitrogen and oxygen atoms in total. The number of aliphatic hydroxyl groups excluding tert-OH is 2. The minimum absolute atomic E-state index is 0.0991. The number of nitrogens with one attached hydrogen (secondary N) is 1. The van der Waals surface area contributed by atoms with E-state index in [0.717, 1.165) is 6.20 Å². The Morgan fingerprint density at radius 2 is 1.94 bits per heavy atom. The number of aromatic amines is 1. The van der Waals surface area contributed by atoms with Gasteiger partial charge in [-0.25, -0.2) is 13.6 Å². The lowest BCUT2D eigenvalue weighted by molar-refractivity contribution is 0.00829. The molecule has 0 aromatic carbocycles. The first kappa shape index (κ1) is 12.9. The standard InChI is InChI=1S/C10H12F2N2O4/c1-5-2-14(8(18)13-6(5)17)7-9(3-15,4-16)10(7,11)12/h2,7,15-16H,3-4H2,1H3,(H,13,17,18). The van der Waals surface area contributed by atoms with Crippen LogP contribution in [0.1, 0.15) is 11.6 Å². The third-order valence-electron chi connectivity index (χ3n) is 3.44. The van der Waals surface area contributed by atoms with Gasteiger partial charge in [0.2, 0.25) is 0 Å². The van der Waals surface area contributed by atoms with Crippen molar-refractivity contribution in [2.24, 2.45) is 5.41 Å². The van der Waals surface area contributed by atoms with Crippen molar-refractivity contribution < 1.29 is 19.0 Å². The summed E-state index contributed by atoms with van der Waals surface area (Å²) in [4.78, 5) is 24.5. The lowest BCUT2D eigenvalue weighted by Crippen LogP contribution is -2.32. The molecule has 1 aliphatic rings. The van der Waals surface area contributed by atoms with Gasteiger partial charge < -0.3 is 10.2 Å². The lowest BCUT2D eigenvalue weighted by Gasteiger charge is -2.09. The van der Waals surface area contributed by atoms with E-state index in [2.05, 4.69) is 0 Å². The van der Waals surface area contributed by atoms with Crippen LogP contribution in [0.3, 0.4) is 0 Å². The molecule has 0 aliphatic heterocycles. The average Bonchev–Trinajstić information content (AvgIpc) is 2.80. The molecule has 18 heavy (non-hydrogen) atoms. The smallest absolute Gasteiger partial charge is 0.328 e. The van der Waals surface area contributed by atoms with E-state index in [1.165, 1.54) is 6.92 Å². The molecule has 1 atom stereocenters. The van der Waals surface area contributed by atoms with E-state index in [-0.39, 0.29) is 5.56 Å². The van der Waals surface area contributed by atoms with Gasteiger partial charge in [-0.1, -0.05) is 0 Å². The molecule has 8 heteroatoms. The van der Waals surface area contributed by atoms with Gasteiger partial charge in [0, 0.05) is 11.8 Å². The highest BCUT2D eigenvalue weighted by atomic mass is 19.3. The van der Waals surface area contributed by atoms with Crippen molar-refractivity contribution in [1.82, 2.24) is 9.55 Å². The number of rotatable bonds is 3. The highest BCUT2D eigenvalue weighted by Gasteiger charge is 2.81. The maximum absolute atomic E-state index is 13.6. The second kappa shape index (κ2) is 3.72. The summed E-state index contributed by atoms with van der Waals surface area (Å²) in [5, 5.41) is 18.0. The van der Waals surface area contributed by atoms with E-state index in [0.29, 0.717) is 4.57 Å². The van der Waals surface area contributed by atoms with Gasteiger partial charge in [0.1, 0.15) is 11.5 Å². The van der Waals surface area contributed by atoms with Gasteiger partial charge in [-0.15, -0.1) is 0 Å². The van der Waals surface area contributed by atoms with Crippen LogP contribution in [0.25, 0.3) is 0 Å². The Labute approximate surface area is 99.5 Å². The zero-order valence-electron chi connectivity index (χ0n) is 9.48. The summed E-state index contributed by atoms with van der Waals surface area (Å²) in [6.07, 6.45) is 1.01. The molecular formula is C10H12F2N2O4. The van der Waals surface area contributed by atoms with Gasteiger partial charge >= 0.3 is 5.69 Å². The first-order chi connectivity index (χ1) is 8.31. The summed E-state index contributed by atoms with van der Waals surface area (Å²) in [5.41, 5.74) is -3.60. The van der Waals surface area contributed by atoms with E-state index >= 15 is 0 Å². The van der Waals surface area contributed by atoms with Crippen molar-refractivity contribution in [3.8, 4) is 0 Å². The number of alkyl halides is 2. The normalized spacial score (nSPS) is 23.9. The maximum Gasteiger partial charge on any atom is 0.328 e. The first-order valence-electron chi connectivity index (χ1n) is 5.23. The van der Waals surface area contributed by atoms with Crippen LogP contribution in [0.2, 0.25) is 0 Å². The summed E-state index contributed by atoms with van der Waals surface area (Å²) < 4.78 is 27.9. The Hall–Kier alpha value is -1.54. The molecule has 3 N–H and O–H groups in total. The van der Waals surface area contributed by atoms with E-state index < -0.39 is 41.8 Å². The highest BCUT2D eigenvalue weighted by Crippen LogP contribution is 2.67. The minimum Gasteiger partial charge on any atom is -0.395 e. The van der Waals surface area contributed by atoms with Crippen molar-refractivity contribution in [2.45, 2.75) is 18.9 Å². The molecule has 1 heterocycles. The van der Waals surface area contributed by atoms with Gasteiger partial charge in [0.25, 0.3) is 11.5 Å². The molecule has 1 aromatic heterocycles. The van der Waals surface area contributed by atoms with Crippen molar-refractivity contribution in [3.05, 3.63) is 32.6 Å². The number of aliphatic hydroxyl groups is 2. The Morgan fingerprint density at radius 1 is 1.39 bits per heavy atom. The zero-order valence-corrected chi connectivity index (χ0v) is 9.48. The molecule has 100 valence electrons. The fourth-order valence-corrected chi connectivity index (χ4v) is 2.14. The van der Waals surface area contributed by atoms with Gasteiger partial charge in [-0.05, 0) is 6.92 Å². The Balaban J connectivity index is 2.56. The third kappa shape index (κ3) is 1.39. The predicted molar refractivity (Wildman–Crippen MR) is 56.6 cm³/mol. The van der Waals surface area contributed by atoms with Gasteiger partial charge in [-0.3, -0.25) is 14.3 Å². The number of hydrogen-bond donors (Lipinski definition) is 3. The van der Waals surface area contributed by atoms with Crippen LogP contribution in [-0.4, -0.2) is 38.9 Å². The number of aryl methyl sites for hydroxylation is 1. The topological polar surface area (TPSA) is 95.3 Å². The first-order valence-corrected chi connectivity index (χ1v) is 5.23. The Morgan fingerprint density at radius 3 is 2.39 bits per heavy atom. The molecule has 0 radical (unpaired) electrons. The summed E-state index contributed by atoms with van der Waals surface area (Å²) in [7, 11) is 0. The molecule has 0 saturated heterocycles. The molecule has 1 saturated carbocycles. The lowest BCUT2D eigenvalue weighted by atomic mass is 10.1. The summed E-state index contributed by atoms with van der Waals surface area (Å²) in [5.74, 6) is -3.40. The quantitative estimate of drug-likeness (QED) is 0.651. The number of halogens is 2. The fraction of sp³-hybridized carbons (Fsp3) is 0.600. The molecule has 1 unspecified atom stereocenters. The molecule has 0 spiro atoms. The van der Waals surface area contributed by atoms with Crippen LogP contribution in [0.5, 0.6) is 0 Å². The maximum atomic E-state index is 13.6. The summed E-state index contributed by atoms with van der Waals surface area (Å²) in [6, 6.07) is -1.65. The largest absolute Gasteiger partial charge is 0.395 e. The van der Waals surface area contributed by atoms with Crippen molar-refractivity contribution in [3.63, 3.8) is 0 Å². The number of H-pyrrole nitrogens is 1. The van der Waals surface area contributed by atoms with E-state index in [4.69, 9.17) is 10.2 Å². The van der Waals surface area contributed by atoms with E-state index in [9.17, 15) is 18.4 Å². The molecule has 0 amide bonds. The number of hydrogen-bond acceptors (Lipinski definition) is 4. The molecule has 1 fully saturated rings. The van der Waals surface area contributed by atoms with Crippen molar-refractivity contribution >= 4 is 0 Å². The Kier molecular flexibility index (Phi) is 2.67. The molecule has 2 rings (SSSR count).